The second-order valence-electron chi connectivity index (χ2n) is 14.6. The summed E-state index contributed by atoms with van der Waals surface area (Å²) in [5.41, 5.74) is 7.22. The second-order valence-corrected chi connectivity index (χ2v) is 14.6. The van der Waals surface area contributed by atoms with Gasteiger partial charge in [0.25, 0.3) is 11.8 Å². The molecule has 10 rings (SSSR count). The van der Waals surface area contributed by atoms with Gasteiger partial charge in [-0.25, -0.2) is 17.6 Å². The van der Waals surface area contributed by atoms with E-state index in [9.17, 15) is 0 Å². The van der Waals surface area contributed by atoms with E-state index in [1.165, 1.54) is 0 Å². The minimum Gasteiger partial charge on any atom is -0.201 e. The van der Waals surface area contributed by atoms with E-state index in [0.29, 0.717) is 25.7 Å². The number of hydrogen-bond acceptors (Lipinski definition) is 0. The van der Waals surface area contributed by atoms with Gasteiger partial charge in [-0.2, -0.15) is 0 Å². The summed E-state index contributed by atoms with van der Waals surface area (Å²) in [6, 6.07) is 44.7. The Bertz CT molecular complexity index is 2760. The lowest BCUT2D eigenvalue weighted by Crippen LogP contribution is -2.20. The quantitative estimate of drug-likeness (QED) is 0.0986. The van der Waals surface area contributed by atoms with Crippen molar-refractivity contribution in [2.24, 2.45) is 0 Å². The van der Waals surface area contributed by atoms with Crippen LogP contribution < -0.4 is 0 Å². The van der Waals surface area contributed by atoms with Crippen LogP contribution in [0.4, 0.5) is 17.6 Å². The normalized spacial score (nSPS) is 16.3. The van der Waals surface area contributed by atoms with Crippen LogP contribution in [-0.2, 0) is 24.7 Å². The molecule has 0 saturated carbocycles. The molecule has 0 nitrogen and oxygen atoms in total. The van der Waals surface area contributed by atoms with Crippen molar-refractivity contribution in [3.63, 3.8) is 0 Å². The predicted octanol–water partition coefficient (Wildman–Crippen LogP) is 14.2. The number of benzene rings is 8. The third-order valence-corrected chi connectivity index (χ3v) is 11.6. The molecule has 52 heavy (non-hydrogen) atoms. The lowest BCUT2D eigenvalue weighted by Gasteiger charge is -2.26. The van der Waals surface area contributed by atoms with Gasteiger partial charge >= 0.3 is 0 Å². The minimum absolute atomic E-state index is 0.123. The van der Waals surface area contributed by atoms with Gasteiger partial charge in [0.15, 0.2) is 0 Å². The van der Waals surface area contributed by atoms with Crippen molar-refractivity contribution in [3.05, 3.63) is 156 Å². The molecule has 2 aliphatic carbocycles. The number of rotatable bonds is 3. The SMILES string of the molecule is FC1(F)CCCc2ccc(-c3ccc(-c4c5ccccc5cc5c4cc(-c4ccc6c(c4)C(F)(F)CCC6)c4ccccc45)c4ccccc34)cc21. The molecule has 0 aromatic heterocycles. The Morgan fingerprint density at radius 2 is 0.885 bits per heavy atom. The van der Waals surface area contributed by atoms with Crippen LogP contribution in [0.2, 0.25) is 0 Å². The Balaban J connectivity index is 1.26. The van der Waals surface area contributed by atoms with Gasteiger partial charge in [0.05, 0.1) is 0 Å². The number of fused-ring (bicyclic) bond motifs is 7. The van der Waals surface area contributed by atoms with Crippen molar-refractivity contribution in [3.8, 4) is 33.4 Å². The Morgan fingerprint density at radius 3 is 1.52 bits per heavy atom. The van der Waals surface area contributed by atoms with Crippen LogP contribution in [0, 0.1) is 0 Å². The fourth-order valence-electron chi connectivity index (χ4n) is 9.09. The Hall–Kier alpha value is -5.48. The van der Waals surface area contributed by atoms with Crippen LogP contribution in [0.25, 0.3) is 76.5 Å². The first-order valence-electron chi connectivity index (χ1n) is 18.2. The van der Waals surface area contributed by atoms with Gasteiger partial charge in [0, 0.05) is 24.0 Å². The largest absolute Gasteiger partial charge is 0.273 e. The smallest absolute Gasteiger partial charge is 0.201 e. The van der Waals surface area contributed by atoms with Crippen molar-refractivity contribution >= 4 is 43.1 Å². The molecular formula is C48H34F4. The average molecular weight is 687 g/mol. The molecule has 0 heterocycles. The summed E-state index contributed by atoms with van der Waals surface area (Å²) >= 11 is 0. The van der Waals surface area contributed by atoms with Gasteiger partial charge < -0.3 is 0 Å². The first kappa shape index (κ1) is 31.3. The highest BCUT2D eigenvalue weighted by Crippen LogP contribution is 2.48. The van der Waals surface area contributed by atoms with Crippen LogP contribution in [0.5, 0.6) is 0 Å². The van der Waals surface area contributed by atoms with E-state index in [-0.39, 0.29) is 24.0 Å². The number of aryl methyl sites for hydroxylation is 2. The molecule has 0 saturated heterocycles. The highest BCUT2D eigenvalue weighted by atomic mass is 19.3. The van der Waals surface area contributed by atoms with Crippen molar-refractivity contribution < 1.29 is 17.6 Å². The summed E-state index contributed by atoms with van der Waals surface area (Å²) < 4.78 is 60.9. The molecule has 0 bridgehead atoms. The Kier molecular flexibility index (Phi) is 6.92. The summed E-state index contributed by atoms with van der Waals surface area (Å²) in [7, 11) is 0. The Labute approximate surface area is 299 Å². The fourth-order valence-corrected chi connectivity index (χ4v) is 9.09. The highest BCUT2D eigenvalue weighted by molar-refractivity contribution is 6.25. The summed E-state index contributed by atoms with van der Waals surface area (Å²) in [5.74, 6) is -5.69. The maximum absolute atomic E-state index is 15.3. The maximum Gasteiger partial charge on any atom is 0.273 e. The molecule has 0 spiro atoms. The first-order valence-corrected chi connectivity index (χ1v) is 18.2. The molecule has 0 atom stereocenters. The molecule has 0 radical (unpaired) electrons. The van der Waals surface area contributed by atoms with E-state index < -0.39 is 11.8 Å². The van der Waals surface area contributed by atoms with Crippen LogP contribution in [0.1, 0.15) is 47.9 Å². The van der Waals surface area contributed by atoms with Crippen molar-refractivity contribution in [2.45, 2.75) is 50.4 Å². The van der Waals surface area contributed by atoms with Gasteiger partial charge in [0.1, 0.15) is 0 Å². The monoisotopic (exact) mass is 686 g/mol. The molecule has 8 aromatic carbocycles. The van der Waals surface area contributed by atoms with Crippen molar-refractivity contribution in [1.29, 1.82) is 0 Å². The van der Waals surface area contributed by atoms with Crippen LogP contribution in [-0.4, -0.2) is 0 Å². The van der Waals surface area contributed by atoms with E-state index in [4.69, 9.17) is 0 Å². The summed E-state index contributed by atoms with van der Waals surface area (Å²) in [5, 5.41) is 8.37. The summed E-state index contributed by atoms with van der Waals surface area (Å²) in [6.07, 6.45) is 2.06. The summed E-state index contributed by atoms with van der Waals surface area (Å²) in [6.45, 7) is 0. The van der Waals surface area contributed by atoms with Crippen LogP contribution >= 0.6 is 0 Å². The molecule has 0 unspecified atom stereocenters. The molecule has 0 fully saturated rings. The maximum atomic E-state index is 15.3. The van der Waals surface area contributed by atoms with E-state index in [2.05, 4.69) is 72.8 Å². The zero-order chi connectivity index (χ0) is 35.2. The minimum atomic E-state index is -2.85. The van der Waals surface area contributed by atoms with Gasteiger partial charge in [-0.3, -0.25) is 0 Å². The van der Waals surface area contributed by atoms with E-state index >= 15 is 17.6 Å². The van der Waals surface area contributed by atoms with E-state index in [1.54, 1.807) is 12.1 Å². The van der Waals surface area contributed by atoms with Crippen LogP contribution in [0.15, 0.2) is 133 Å². The topological polar surface area (TPSA) is 0 Å². The lowest BCUT2D eigenvalue weighted by molar-refractivity contribution is -0.0221. The molecule has 0 amide bonds. The lowest BCUT2D eigenvalue weighted by atomic mass is 9.82. The predicted molar refractivity (Wildman–Crippen MR) is 206 cm³/mol. The highest BCUT2D eigenvalue weighted by Gasteiger charge is 2.38. The van der Waals surface area contributed by atoms with Gasteiger partial charge in [-0.1, -0.05) is 109 Å². The van der Waals surface area contributed by atoms with E-state index in [0.717, 1.165) is 87.6 Å². The molecule has 8 aromatic rings. The zero-order valence-corrected chi connectivity index (χ0v) is 28.5. The molecule has 0 N–H and O–H groups in total. The van der Waals surface area contributed by atoms with E-state index in [1.807, 2.05) is 48.5 Å². The number of halogens is 4. The first-order chi connectivity index (χ1) is 25.3. The number of hydrogen-bond donors (Lipinski definition) is 0. The van der Waals surface area contributed by atoms with Gasteiger partial charge in [-0.15, -0.1) is 0 Å². The zero-order valence-electron chi connectivity index (χ0n) is 28.5. The molecule has 0 aliphatic heterocycles. The van der Waals surface area contributed by atoms with Gasteiger partial charge in [0.2, 0.25) is 0 Å². The Morgan fingerprint density at radius 1 is 0.385 bits per heavy atom. The third kappa shape index (κ3) is 4.80. The number of alkyl halides is 4. The van der Waals surface area contributed by atoms with Crippen molar-refractivity contribution in [1.82, 2.24) is 0 Å². The standard InChI is InChI=1S/C48H34F4/c49-47(50)23-7-10-29-17-19-32(26-44(29)47)34-21-22-40(37-14-4-3-13-36(34)37)46-35-12-2-1-9-31(35)25-42-39-16-6-5-15-38(39)41(28-43(42)46)33-20-18-30-11-8-24-48(51,52)45(30)27-33/h1-6,9,12-22,25-28H,7-8,10-11,23-24H2. The third-order valence-electron chi connectivity index (χ3n) is 11.6. The molecule has 254 valence electrons. The average Bonchev–Trinajstić information content (AvgIpc) is 3.16. The molecule has 2 aliphatic rings. The molecular weight excluding hydrogens is 653 g/mol. The van der Waals surface area contributed by atoms with Crippen molar-refractivity contribution in [2.75, 3.05) is 0 Å². The van der Waals surface area contributed by atoms with Gasteiger partial charge in [-0.05, 0) is 138 Å². The second kappa shape index (κ2) is 11.5. The summed E-state index contributed by atoms with van der Waals surface area (Å²) in [4.78, 5) is 0. The fraction of sp³-hybridized carbons (Fsp3) is 0.167. The molecule has 4 heteroatoms. The van der Waals surface area contributed by atoms with Crippen LogP contribution in [0.3, 0.4) is 0 Å².